The number of benzene rings is 2. The molecule has 0 saturated carbocycles. The lowest BCUT2D eigenvalue weighted by molar-refractivity contribution is -0.137. The monoisotopic (exact) mass is 532 g/mol. The number of carbonyl (C=O) groups is 2. The summed E-state index contributed by atoms with van der Waals surface area (Å²) in [4.78, 5) is 29.7. The summed E-state index contributed by atoms with van der Waals surface area (Å²) in [7, 11) is 0. The van der Waals surface area contributed by atoms with Crippen molar-refractivity contribution in [3.8, 4) is 0 Å². The first-order valence-corrected chi connectivity index (χ1v) is 12.2. The zero-order valence-electron chi connectivity index (χ0n) is 20.8. The predicted octanol–water partition coefficient (Wildman–Crippen LogP) is 5.60. The van der Waals surface area contributed by atoms with Crippen molar-refractivity contribution in [3.05, 3.63) is 94.7 Å². The van der Waals surface area contributed by atoms with E-state index < -0.39 is 29.4 Å². The van der Waals surface area contributed by atoms with Gasteiger partial charge in [0, 0.05) is 25.3 Å². The van der Waals surface area contributed by atoms with E-state index in [4.69, 9.17) is 9.15 Å². The Labute approximate surface area is 217 Å². The first-order chi connectivity index (χ1) is 18.1. The first kappa shape index (κ1) is 27.4. The Morgan fingerprint density at radius 2 is 1.66 bits per heavy atom. The fourth-order valence-electron chi connectivity index (χ4n) is 4.30. The van der Waals surface area contributed by atoms with Crippen LogP contribution in [-0.2, 0) is 28.8 Å². The van der Waals surface area contributed by atoms with E-state index in [1.807, 2.05) is 0 Å². The molecule has 10 heteroatoms. The van der Waals surface area contributed by atoms with Gasteiger partial charge in [-0.05, 0) is 73.9 Å². The van der Waals surface area contributed by atoms with Crippen molar-refractivity contribution in [2.75, 3.05) is 19.7 Å². The summed E-state index contributed by atoms with van der Waals surface area (Å²) >= 11 is 0. The van der Waals surface area contributed by atoms with Gasteiger partial charge in [-0.25, -0.2) is 4.39 Å². The van der Waals surface area contributed by atoms with Gasteiger partial charge in [0.05, 0.1) is 18.2 Å². The maximum atomic E-state index is 13.6. The highest BCUT2D eigenvalue weighted by Gasteiger charge is 2.31. The van der Waals surface area contributed by atoms with Gasteiger partial charge in [0.2, 0.25) is 5.91 Å². The quantitative estimate of drug-likeness (QED) is 0.337. The zero-order valence-corrected chi connectivity index (χ0v) is 20.8. The minimum atomic E-state index is -4.53. The fourth-order valence-corrected chi connectivity index (χ4v) is 4.30. The molecule has 1 aliphatic heterocycles. The molecule has 1 aromatic heterocycles. The van der Waals surface area contributed by atoms with Gasteiger partial charge in [-0.3, -0.25) is 9.59 Å². The van der Waals surface area contributed by atoms with E-state index in [0.29, 0.717) is 30.1 Å². The Balaban J connectivity index is 1.56. The van der Waals surface area contributed by atoms with E-state index in [1.165, 1.54) is 21.9 Å². The number of hydrogen-bond donors (Lipinski definition) is 0. The summed E-state index contributed by atoms with van der Waals surface area (Å²) in [5.41, 5.74) is -0.145. The van der Waals surface area contributed by atoms with E-state index in [0.717, 1.165) is 30.7 Å². The standard InChI is InChI=1S/C28H28F4N2O4/c1-19-4-13-25(38-19)17-33(15-20-5-11-23(29)12-6-20)26(35)18-34(16-24-3-2-14-37-24)27(36)21-7-9-22(10-8-21)28(30,31)32/h4-13,24H,2-3,14-18H2,1H3. The number of rotatable bonds is 9. The average molecular weight is 533 g/mol. The van der Waals surface area contributed by atoms with Crippen molar-refractivity contribution in [2.45, 2.75) is 45.1 Å². The number of halogens is 4. The third-order valence-electron chi connectivity index (χ3n) is 6.30. The first-order valence-electron chi connectivity index (χ1n) is 12.2. The number of carbonyl (C=O) groups excluding carboxylic acids is 2. The molecule has 0 aliphatic carbocycles. The molecule has 1 saturated heterocycles. The van der Waals surface area contributed by atoms with Crippen LogP contribution >= 0.6 is 0 Å². The fraction of sp³-hybridized carbons (Fsp3) is 0.357. The predicted molar refractivity (Wildman–Crippen MR) is 130 cm³/mol. The Kier molecular flexibility index (Phi) is 8.51. The second kappa shape index (κ2) is 11.8. The SMILES string of the molecule is Cc1ccc(CN(Cc2ccc(F)cc2)C(=O)CN(CC2CCCO2)C(=O)c2ccc(C(F)(F)F)cc2)o1. The van der Waals surface area contributed by atoms with E-state index >= 15 is 0 Å². The number of hydrogen-bond acceptors (Lipinski definition) is 4. The van der Waals surface area contributed by atoms with Crippen molar-refractivity contribution >= 4 is 11.8 Å². The zero-order chi connectivity index (χ0) is 27.3. The highest BCUT2D eigenvalue weighted by atomic mass is 19.4. The van der Waals surface area contributed by atoms with Gasteiger partial charge in [0.25, 0.3) is 5.91 Å². The maximum absolute atomic E-state index is 13.6. The molecule has 202 valence electrons. The Hall–Kier alpha value is -3.66. The minimum absolute atomic E-state index is 0.0375. The average Bonchev–Trinajstić information content (AvgIpc) is 3.55. The smallest absolute Gasteiger partial charge is 0.416 e. The van der Waals surface area contributed by atoms with Crippen LogP contribution in [-0.4, -0.2) is 47.4 Å². The summed E-state index contributed by atoms with van der Waals surface area (Å²) < 4.78 is 63.7. The molecular weight excluding hydrogens is 504 g/mol. The van der Waals surface area contributed by atoms with Crippen molar-refractivity contribution in [2.24, 2.45) is 0 Å². The molecule has 2 heterocycles. The molecule has 2 amide bonds. The summed E-state index contributed by atoms with van der Waals surface area (Å²) in [6.45, 7) is 2.38. The highest BCUT2D eigenvalue weighted by Crippen LogP contribution is 2.29. The number of nitrogens with zero attached hydrogens (tertiary/aromatic N) is 2. The molecule has 2 aromatic carbocycles. The second-order valence-electron chi connectivity index (χ2n) is 9.28. The van der Waals surface area contributed by atoms with Crippen LogP contribution in [0.5, 0.6) is 0 Å². The minimum Gasteiger partial charge on any atom is -0.464 e. The summed E-state index contributed by atoms with van der Waals surface area (Å²) in [5.74, 6) is -0.165. The van der Waals surface area contributed by atoms with Gasteiger partial charge in [0.1, 0.15) is 23.9 Å². The molecule has 0 radical (unpaired) electrons. The van der Waals surface area contributed by atoms with Gasteiger partial charge in [-0.15, -0.1) is 0 Å². The molecule has 3 aromatic rings. The number of alkyl halides is 3. The van der Waals surface area contributed by atoms with E-state index in [-0.39, 0.29) is 37.8 Å². The molecule has 0 bridgehead atoms. The van der Waals surface area contributed by atoms with Crippen molar-refractivity contribution in [1.29, 1.82) is 0 Å². The van der Waals surface area contributed by atoms with Gasteiger partial charge in [-0.2, -0.15) is 13.2 Å². The lowest BCUT2D eigenvalue weighted by Crippen LogP contribution is -2.45. The van der Waals surface area contributed by atoms with Crippen molar-refractivity contribution < 1.29 is 36.3 Å². The van der Waals surface area contributed by atoms with Gasteiger partial charge in [-0.1, -0.05) is 12.1 Å². The van der Waals surface area contributed by atoms with Crippen molar-refractivity contribution in [1.82, 2.24) is 9.80 Å². The molecule has 6 nitrogen and oxygen atoms in total. The number of ether oxygens (including phenoxy) is 1. The lowest BCUT2D eigenvalue weighted by Gasteiger charge is -2.29. The molecule has 0 spiro atoms. The molecule has 38 heavy (non-hydrogen) atoms. The Morgan fingerprint density at radius 1 is 0.947 bits per heavy atom. The largest absolute Gasteiger partial charge is 0.464 e. The van der Waals surface area contributed by atoms with E-state index in [2.05, 4.69) is 0 Å². The molecule has 1 fully saturated rings. The van der Waals surface area contributed by atoms with Crippen LogP contribution in [0, 0.1) is 12.7 Å². The molecule has 1 atom stereocenters. The number of furan rings is 1. The molecule has 1 aliphatic rings. The van der Waals surface area contributed by atoms with Crippen LogP contribution in [0.1, 0.15) is 45.8 Å². The van der Waals surface area contributed by atoms with Crippen LogP contribution in [0.25, 0.3) is 0 Å². The van der Waals surface area contributed by atoms with Gasteiger partial charge < -0.3 is 19.0 Å². The Morgan fingerprint density at radius 3 is 2.24 bits per heavy atom. The van der Waals surface area contributed by atoms with Crippen molar-refractivity contribution in [3.63, 3.8) is 0 Å². The molecule has 1 unspecified atom stereocenters. The maximum Gasteiger partial charge on any atom is 0.416 e. The van der Waals surface area contributed by atoms with Gasteiger partial charge in [0.15, 0.2) is 0 Å². The molecule has 4 rings (SSSR count). The lowest BCUT2D eigenvalue weighted by atomic mass is 10.1. The van der Waals surface area contributed by atoms with Crippen LogP contribution in [0.15, 0.2) is 65.1 Å². The molecular formula is C28H28F4N2O4. The van der Waals surface area contributed by atoms with Crippen LogP contribution in [0.4, 0.5) is 17.6 Å². The third-order valence-corrected chi connectivity index (χ3v) is 6.30. The Bertz CT molecular complexity index is 1230. The number of amides is 2. The topological polar surface area (TPSA) is 63.0 Å². The van der Waals surface area contributed by atoms with Crippen LogP contribution in [0.2, 0.25) is 0 Å². The van der Waals surface area contributed by atoms with Gasteiger partial charge >= 0.3 is 6.18 Å². The normalized spacial score (nSPS) is 15.4. The molecule has 0 N–H and O–H groups in total. The van der Waals surface area contributed by atoms with Crippen LogP contribution < -0.4 is 0 Å². The van der Waals surface area contributed by atoms with E-state index in [1.54, 1.807) is 31.2 Å². The van der Waals surface area contributed by atoms with Crippen LogP contribution in [0.3, 0.4) is 0 Å². The highest BCUT2D eigenvalue weighted by molar-refractivity contribution is 5.96. The number of aryl methyl sites for hydroxylation is 1. The summed E-state index contributed by atoms with van der Waals surface area (Å²) in [5, 5.41) is 0. The van der Waals surface area contributed by atoms with E-state index in [9.17, 15) is 27.2 Å². The summed E-state index contributed by atoms with van der Waals surface area (Å²) in [6.07, 6.45) is -3.29. The third kappa shape index (κ3) is 7.22. The summed E-state index contributed by atoms with van der Waals surface area (Å²) in [6, 6.07) is 13.2. The second-order valence-corrected chi connectivity index (χ2v) is 9.28.